The SMILES string of the molecule is Cc1ccccc1CS(=O)(=O)c1ncc(CN(CC2CCCO2)C(=O)C2CC2)n1CC(C)C. The summed E-state index contributed by atoms with van der Waals surface area (Å²) in [4.78, 5) is 19.3. The van der Waals surface area contributed by atoms with Crippen molar-refractivity contribution in [3.05, 3.63) is 47.3 Å². The second-order valence-electron chi connectivity index (χ2n) is 9.85. The van der Waals surface area contributed by atoms with Crippen molar-refractivity contribution in [1.82, 2.24) is 14.5 Å². The monoisotopic (exact) mass is 473 g/mol. The van der Waals surface area contributed by atoms with Gasteiger partial charge in [0.15, 0.2) is 0 Å². The molecule has 180 valence electrons. The maximum Gasteiger partial charge on any atom is 0.228 e. The topological polar surface area (TPSA) is 81.5 Å². The molecule has 0 N–H and O–H groups in total. The number of carbonyl (C=O) groups excluding carboxylic acids is 1. The van der Waals surface area contributed by atoms with Crippen molar-refractivity contribution < 1.29 is 17.9 Å². The second-order valence-corrected chi connectivity index (χ2v) is 11.7. The van der Waals surface area contributed by atoms with Crippen LogP contribution in [-0.4, -0.2) is 48.0 Å². The van der Waals surface area contributed by atoms with Gasteiger partial charge in [0.05, 0.1) is 30.3 Å². The predicted molar refractivity (Wildman–Crippen MR) is 126 cm³/mol. The Kier molecular flexibility index (Phi) is 7.24. The summed E-state index contributed by atoms with van der Waals surface area (Å²) in [7, 11) is -3.65. The Balaban J connectivity index is 1.62. The van der Waals surface area contributed by atoms with Crippen molar-refractivity contribution in [3.63, 3.8) is 0 Å². The lowest BCUT2D eigenvalue weighted by atomic mass is 10.1. The van der Waals surface area contributed by atoms with Crippen LogP contribution >= 0.6 is 0 Å². The van der Waals surface area contributed by atoms with E-state index in [1.54, 1.807) is 10.8 Å². The minimum absolute atomic E-state index is 0.0541. The number of imidazole rings is 1. The molecule has 1 saturated heterocycles. The van der Waals surface area contributed by atoms with Crippen LogP contribution in [0.25, 0.3) is 0 Å². The van der Waals surface area contributed by atoms with E-state index in [0.717, 1.165) is 49.1 Å². The summed E-state index contributed by atoms with van der Waals surface area (Å²) in [5.41, 5.74) is 2.49. The van der Waals surface area contributed by atoms with Crippen molar-refractivity contribution in [2.75, 3.05) is 13.2 Å². The van der Waals surface area contributed by atoms with E-state index in [2.05, 4.69) is 18.8 Å². The maximum atomic E-state index is 13.4. The summed E-state index contributed by atoms with van der Waals surface area (Å²) >= 11 is 0. The summed E-state index contributed by atoms with van der Waals surface area (Å²) in [6, 6.07) is 7.53. The van der Waals surface area contributed by atoms with Gasteiger partial charge >= 0.3 is 0 Å². The lowest BCUT2D eigenvalue weighted by Gasteiger charge is -2.26. The molecule has 4 rings (SSSR count). The van der Waals surface area contributed by atoms with Crippen LogP contribution in [-0.2, 0) is 38.2 Å². The number of carbonyl (C=O) groups is 1. The highest BCUT2D eigenvalue weighted by molar-refractivity contribution is 7.90. The van der Waals surface area contributed by atoms with Crippen molar-refractivity contribution in [2.24, 2.45) is 11.8 Å². The molecule has 1 aromatic carbocycles. The van der Waals surface area contributed by atoms with E-state index in [4.69, 9.17) is 4.74 Å². The molecule has 0 radical (unpaired) electrons. The molecule has 2 fully saturated rings. The summed E-state index contributed by atoms with van der Waals surface area (Å²) in [6.07, 6.45) is 5.52. The third-order valence-electron chi connectivity index (χ3n) is 6.37. The molecule has 2 aromatic rings. The number of aryl methyl sites for hydroxylation is 1. The first-order valence-electron chi connectivity index (χ1n) is 12.0. The standard InChI is InChI=1S/C25H35N3O4S/c1-18(2)14-28-22(15-27(24(29)20-10-11-20)16-23-9-6-12-32-23)13-26-25(28)33(30,31)17-21-8-5-4-7-19(21)3/h4-5,7-8,13,18,20,23H,6,9-12,14-17H2,1-3H3. The Bertz CT molecular complexity index is 1080. The van der Waals surface area contributed by atoms with E-state index < -0.39 is 9.84 Å². The number of hydrogen-bond donors (Lipinski definition) is 0. The van der Waals surface area contributed by atoms with Crippen LogP contribution in [0.2, 0.25) is 0 Å². The predicted octanol–water partition coefficient (Wildman–Crippen LogP) is 3.74. The number of ether oxygens (including phenoxy) is 1. The zero-order chi connectivity index (χ0) is 23.6. The molecule has 2 aliphatic rings. The molecule has 1 atom stereocenters. The third kappa shape index (κ3) is 5.84. The fraction of sp³-hybridized carbons (Fsp3) is 0.600. The van der Waals surface area contributed by atoms with Gasteiger partial charge in [-0.3, -0.25) is 4.79 Å². The van der Waals surface area contributed by atoms with Crippen LogP contribution in [0, 0.1) is 18.8 Å². The molecule has 1 aromatic heterocycles. The minimum atomic E-state index is -3.65. The van der Waals surface area contributed by atoms with Crippen molar-refractivity contribution in [1.29, 1.82) is 0 Å². The van der Waals surface area contributed by atoms with Gasteiger partial charge < -0.3 is 14.2 Å². The normalized spacial score (nSPS) is 18.7. The van der Waals surface area contributed by atoms with E-state index in [9.17, 15) is 13.2 Å². The molecule has 1 saturated carbocycles. The zero-order valence-corrected chi connectivity index (χ0v) is 20.7. The molecular weight excluding hydrogens is 438 g/mol. The fourth-order valence-corrected chi connectivity index (χ4v) is 6.02. The van der Waals surface area contributed by atoms with Crippen LogP contribution in [0.4, 0.5) is 0 Å². The fourth-order valence-electron chi connectivity index (χ4n) is 4.42. The van der Waals surface area contributed by atoms with Gasteiger partial charge in [-0.2, -0.15) is 0 Å². The number of hydrogen-bond acceptors (Lipinski definition) is 5. The lowest BCUT2D eigenvalue weighted by molar-refractivity contribution is -0.134. The van der Waals surface area contributed by atoms with Gasteiger partial charge in [0.2, 0.25) is 20.9 Å². The van der Waals surface area contributed by atoms with E-state index >= 15 is 0 Å². The van der Waals surface area contributed by atoms with E-state index in [-0.39, 0.29) is 34.8 Å². The Morgan fingerprint density at radius 2 is 2.00 bits per heavy atom. The maximum absolute atomic E-state index is 13.4. The molecule has 8 heteroatoms. The average molecular weight is 474 g/mol. The van der Waals surface area contributed by atoms with Gasteiger partial charge in [0.1, 0.15) is 0 Å². The van der Waals surface area contributed by atoms with Gasteiger partial charge in [-0.1, -0.05) is 38.1 Å². The van der Waals surface area contributed by atoms with Gasteiger partial charge in [-0.15, -0.1) is 0 Å². The average Bonchev–Trinajstić information content (AvgIpc) is 3.34. The molecule has 1 aliphatic carbocycles. The molecule has 33 heavy (non-hydrogen) atoms. The zero-order valence-electron chi connectivity index (χ0n) is 19.9. The number of rotatable bonds is 10. The first-order valence-corrected chi connectivity index (χ1v) is 13.6. The van der Waals surface area contributed by atoms with E-state index in [1.165, 1.54) is 0 Å². The molecule has 7 nitrogen and oxygen atoms in total. The largest absolute Gasteiger partial charge is 0.376 e. The van der Waals surface area contributed by atoms with Crippen LogP contribution in [0.1, 0.15) is 56.4 Å². The summed E-state index contributed by atoms with van der Waals surface area (Å²) in [5, 5.41) is 0.0883. The minimum Gasteiger partial charge on any atom is -0.376 e. The summed E-state index contributed by atoms with van der Waals surface area (Å²) in [5.74, 6) is 0.384. The molecular formula is C25H35N3O4S. The first-order chi connectivity index (χ1) is 15.7. The highest BCUT2D eigenvalue weighted by atomic mass is 32.2. The van der Waals surface area contributed by atoms with E-state index in [0.29, 0.717) is 19.6 Å². The van der Waals surface area contributed by atoms with Gasteiger partial charge in [0.25, 0.3) is 0 Å². The quantitative estimate of drug-likeness (QED) is 0.525. The Labute approximate surface area is 197 Å². The molecule has 1 aliphatic heterocycles. The van der Waals surface area contributed by atoms with Crippen LogP contribution in [0.5, 0.6) is 0 Å². The Hall–Kier alpha value is -2.19. The number of nitrogens with zero attached hydrogens (tertiary/aromatic N) is 3. The van der Waals surface area contributed by atoms with E-state index in [1.807, 2.05) is 36.1 Å². The van der Waals surface area contributed by atoms with Gasteiger partial charge in [0, 0.05) is 25.6 Å². The van der Waals surface area contributed by atoms with Gasteiger partial charge in [-0.05, 0) is 49.7 Å². The number of aromatic nitrogens is 2. The van der Waals surface area contributed by atoms with Crippen LogP contribution in [0.15, 0.2) is 35.6 Å². The number of benzene rings is 1. The first kappa shape index (κ1) is 24.0. The highest BCUT2D eigenvalue weighted by Crippen LogP contribution is 2.32. The third-order valence-corrected chi connectivity index (χ3v) is 7.95. The molecule has 1 amide bonds. The molecule has 0 bridgehead atoms. The second kappa shape index (κ2) is 9.97. The number of sulfone groups is 1. The number of amides is 1. The van der Waals surface area contributed by atoms with Crippen molar-refractivity contribution in [2.45, 2.75) is 76.6 Å². The van der Waals surface area contributed by atoms with Crippen molar-refractivity contribution in [3.8, 4) is 0 Å². The molecule has 0 spiro atoms. The van der Waals surface area contributed by atoms with Crippen LogP contribution < -0.4 is 0 Å². The van der Waals surface area contributed by atoms with Gasteiger partial charge in [-0.25, -0.2) is 13.4 Å². The highest BCUT2D eigenvalue weighted by Gasteiger charge is 2.36. The molecule has 1 unspecified atom stereocenters. The van der Waals surface area contributed by atoms with Crippen molar-refractivity contribution >= 4 is 15.7 Å². The Morgan fingerprint density at radius 3 is 2.64 bits per heavy atom. The van der Waals surface area contributed by atoms with Crippen LogP contribution in [0.3, 0.4) is 0 Å². The molecule has 2 heterocycles. The Morgan fingerprint density at radius 1 is 1.24 bits per heavy atom. The smallest absolute Gasteiger partial charge is 0.228 e. The summed E-state index contributed by atoms with van der Waals surface area (Å²) < 4.78 is 34.4. The summed E-state index contributed by atoms with van der Waals surface area (Å²) in [6.45, 7) is 8.21. The lowest BCUT2D eigenvalue weighted by Crippen LogP contribution is -2.38.